The molecule has 3 rings (SSSR count). The summed E-state index contributed by atoms with van der Waals surface area (Å²) in [5.41, 5.74) is 1.81. The van der Waals surface area contributed by atoms with Gasteiger partial charge in [0.25, 0.3) is 0 Å². The highest BCUT2D eigenvalue weighted by Crippen LogP contribution is 2.27. The van der Waals surface area contributed by atoms with Gasteiger partial charge in [-0.05, 0) is 34.5 Å². The van der Waals surface area contributed by atoms with Gasteiger partial charge in [-0.25, -0.2) is 9.97 Å². The average Bonchev–Trinajstić information content (AvgIpc) is 2.82. The topological polar surface area (TPSA) is 53.6 Å². The van der Waals surface area contributed by atoms with Crippen LogP contribution >= 0.6 is 15.9 Å². The second-order valence-corrected chi connectivity index (χ2v) is 5.30. The number of hydrogen-bond acceptors (Lipinski definition) is 3. The smallest absolute Gasteiger partial charge is 0.177 e. The molecular weight excluding hydrogens is 268 g/mol. The molecule has 2 unspecified atom stereocenters. The molecule has 0 amide bonds. The lowest BCUT2D eigenvalue weighted by Gasteiger charge is -2.09. The molecule has 0 aliphatic carbocycles. The molecule has 84 valence electrons. The summed E-state index contributed by atoms with van der Waals surface area (Å²) in [6.45, 7) is 4.32. The van der Waals surface area contributed by atoms with E-state index in [1.807, 2.05) is 6.07 Å². The fourth-order valence-electron chi connectivity index (χ4n) is 2.24. The Balaban J connectivity index is 2.04. The maximum absolute atomic E-state index is 4.56. The maximum atomic E-state index is 4.56. The third kappa shape index (κ3) is 1.64. The zero-order chi connectivity index (χ0) is 11.1. The first-order valence-electron chi connectivity index (χ1n) is 5.46. The minimum Gasteiger partial charge on any atom is -0.340 e. The van der Waals surface area contributed by atoms with Crippen LogP contribution in [0.25, 0.3) is 11.2 Å². The van der Waals surface area contributed by atoms with Crippen LogP contribution in [0, 0.1) is 5.92 Å². The molecule has 4 nitrogen and oxygen atoms in total. The molecule has 3 heterocycles. The largest absolute Gasteiger partial charge is 0.340 e. The minimum atomic E-state index is 0.480. The normalized spacial score (nSPS) is 25.4. The van der Waals surface area contributed by atoms with E-state index in [4.69, 9.17) is 0 Å². The molecule has 0 saturated carbocycles. The van der Waals surface area contributed by atoms with Crippen molar-refractivity contribution >= 4 is 27.1 Å². The van der Waals surface area contributed by atoms with Crippen molar-refractivity contribution in [3.05, 3.63) is 22.6 Å². The van der Waals surface area contributed by atoms with Crippen LogP contribution in [0.1, 0.15) is 18.7 Å². The summed E-state index contributed by atoms with van der Waals surface area (Å²) in [6, 6.07) is 2.02. The van der Waals surface area contributed by atoms with Gasteiger partial charge in [-0.1, -0.05) is 6.92 Å². The van der Waals surface area contributed by atoms with Gasteiger partial charge in [-0.3, -0.25) is 0 Å². The van der Waals surface area contributed by atoms with Crippen LogP contribution in [0.15, 0.2) is 16.7 Å². The lowest BCUT2D eigenvalue weighted by Crippen LogP contribution is -2.09. The van der Waals surface area contributed by atoms with E-state index in [-0.39, 0.29) is 0 Å². The van der Waals surface area contributed by atoms with Gasteiger partial charge in [0.1, 0.15) is 5.82 Å². The lowest BCUT2D eigenvalue weighted by molar-refractivity contribution is 0.551. The molecule has 2 aromatic rings. The van der Waals surface area contributed by atoms with Gasteiger partial charge in [0.15, 0.2) is 5.65 Å². The van der Waals surface area contributed by atoms with Gasteiger partial charge in [0.2, 0.25) is 0 Å². The number of aromatic amines is 1. The fourth-order valence-corrected chi connectivity index (χ4v) is 2.58. The second kappa shape index (κ2) is 3.82. The Morgan fingerprint density at radius 2 is 2.31 bits per heavy atom. The molecule has 0 radical (unpaired) electrons. The highest BCUT2D eigenvalue weighted by molar-refractivity contribution is 9.10. The van der Waals surface area contributed by atoms with Crippen LogP contribution < -0.4 is 5.32 Å². The standard InChI is InChI=1S/C11H13BrN4/c1-6-3-13-5-8(6)10-15-9-2-7(12)4-14-11(9)16-10/h2,4,6,8,13H,3,5H2,1H3,(H,14,15,16). The number of nitrogens with zero attached hydrogens (tertiary/aromatic N) is 2. The van der Waals surface area contributed by atoms with Gasteiger partial charge < -0.3 is 10.3 Å². The van der Waals surface area contributed by atoms with Crippen LogP contribution in [0.2, 0.25) is 0 Å². The Morgan fingerprint density at radius 3 is 3.06 bits per heavy atom. The van der Waals surface area contributed by atoms with Crippen molar-refractivity contribution in [2.24, 2.45) is 5.92 Å². The third-order valence-corrected chi connectivity index (χ3v) is 3.62. The summed E-state index contributed by atoms with van der Waals surface area (Å²) >= 11 is 3.41. The van der Waals surface area contributed by atoms with E-state index in [1.165, 1.54) is 0 Å². The van der Waals surface area contributed by atoms with Crippen molar-refractivity contribution in [1.29, 1.82) is 0 Å². The van der Waals surface area contributed by atoms with E-state index in [2.05, 4.69) is 43.1 Å². The van der Waals surface area contributed by atoms with E-state index in [0.717, 1.165) is 34.6 Å². The number of aromatic nitrogens is 3. The second-order valence-electron chi connectivity index (χ2n) is 4.39. The first-order valence-corrected chi connectivity index (χ1v) is 6.25. The van der Waals surface area contributed by atoms with Crippen molar-refractivity contribution < 1.29 is 0 Å². The van der Waals surface area contributed by atoms with E-state index < -0.39 is 0 Å². The summed E-state index contributed by atoms with van der Waals surface area (Å²) in [5, 5.41) is 3.39. The molecule has 2 aromatic heterocycles. The van der Waals surface area contributed by atoms with E-state index >= 15 is 0 Å². The molecule has 0 spiro atoms. The molecular formula is C11H13BrN4. The van der Waals surface area contributed by atoms with Crippen LogP contribution in [0.4, 0.5) is 0 Å². The first kappa shape index (κ1) is 10.2. The number of imidazole rings is 1. The number of fused-ring (bicyclic) bond motifs is 1. The molecule has 1 aliphatic heterocycles. The monoisotopic (exact) mass is 280 g/mol. The SMILES string of the molecule is CC1CNCC1c1nc2ncc(Br)cc2[nH]1. The summed E-state index contributed by atoms with van der Waals surface area (Å²) in [4.78, 5) is 12.2. The number of hydrogen-bond donors (Lipinski definition) is 2. The molecule has 0 aromatic carbocycles. The Labute approximate surface area is 102 Å². The third-order valence-electron chi connectivity index (χ3n) is 3.19. The highest BCUT2D eigenvalue weighted by Gasteiger charge is 2.27. The molecule has 1 fully saturated rings. The van der Waals surface area contributed by atoms with Gasteiger partial charge in [-0.2, -0.15) is 0 Å². The van der Waals surface area contributed by atoms with Gasteiger partial charge in [0.05, 0.1) is 5.52 Å². The summed E-state index contributed by atoms with van der Waals surface area (Å²) in [6.07, 6.45) is 1.78. The fraction of sp³-hybridized carbons (Fsp3) is 0.455. The number of H-pyrrole nitrogens is 1. The van der Waals surface area contributed by atoms with E-state index in [9.17, 15) is 0 Å². The number of nitrogens with one attached hydrogen (secondary N) is 2. The van der Waals surface area contributed by atoms with E-state index in [1.54, 1.807) is 6.20 Å². The van der Waals surface area contributed by atoms with Crippen molar-refractivity contribution in [3.8, 4) is 0 Å². The van der Waals surface area contributed by atoms with Crippen molar-refractivity contribution in [3.63, 3.8) is 0 Å². The zero-order valence-corrected chi connectivity index (χ0v) is 10.6. The van der Waals surface area contributed by atoms with Crippen LogP contribution in [-0.2, 0) is 0 Å². The molecule has 16 heavy (non-hydrogen) atoms. The summed E-state index contributed by atoms with van der Waals surface area (Å²) < 4.78 is 0.979. The van der Waals surface area contributed by atoms with Crippen LogP contribution in [0.3, 0.4) is 0 Å². The molecule has 5 heteroatoms. The molecule has 2 atom stereocenters. The molecule has 1 saturated heterocycles. The molecule has 0 bridgehead atoms. The maximum Gasteiger partial charge on any atom is 0.177 e. The van der Waals surface area contributed by atoms with Crippen molar-refractivity contribution in [2.75, 3.05) is 13.1 Å². The first-order chi connectivity index (χ1) is 7.74. The zero-order valence-electron chi connectivity index (χ0n) is 9.00. The van der Waals surface area contributed by atoms with Crippen molar-refractivity contribution in [1.82, 2.24) is 20.3 Å². The lowest BCUT2D eigenvalue weighted by atomic mass is 9.98. The Bertz CT molecular complexity index is 522. The summed E-state index contributed by atoms with van der Waals surface area (Å²) in [7, 11) is 0. The van der Waals surface area contributed by atoms with Crippen molar-refractivity contribution in [2.45, 2.75) is 12.8 Å². The highest BCUT2D eigenvalue weighted by atomic mass is 79.9. The molecule has 2 N–H and O–H groups in total. The van der Waals surface area contributed by atoms with Gasteiger partial charge >= 0.3 is 0 Å². The number of halogens is 1. The average molecular weight is 281 g/mol. The number of rotatable bonds is 1. The van der Waals surface area contributed by atoms with Gasteiger partial charge in [0, 0.05) is 23.1 Å². The number of pyridine rings is 1. The Hall–Kier alpha value is -0.940. The summed E-state index contributed by atoms with van der Waals surface area (Å²) in [5.74, 6) is 2.16. The van der Waals surface area contributed by atoms with Crippen LogP contribution in [0.5, 0.6) is 0 Å². The predicted octanol–water partition coefficient (Wildman–Crippen LogP) is 2.04. The predicted molar refractivity (Wildman–Crippen MR) is 66.4 cm³/mol. The Morgan fingerprint density at radius 1 is 1.44 bits per heavy atom. The van der Waals surface area contributed by atoms with Gasteiger partial charge in [-0.15, -0.1) is 0 Å². The van der Waals surface area contributed by atoms with Crippen LogP contribution in [-0.4, -0.2) is 28.0 Å². The molecule has 1 aliphatic rings. The Kier molecular flexibility index (Phi) is 2.44. The van der Waals surface area contributed by atoms with E-state index in [0.29, 0.717) is 11.8 Å². The minimum absolute atomic E-state index is 0.480. The quantitative estimate of drug-likeness (QED) is 0.841.